The van der Waals surface area contributed by atoms with Gasteiger partial charge in [-0.05, 0) is 24.1 Å². The van der Waals surface area contributed by atoms with Crippen molar-refractivity contribution in [2.45, 2.75) is 45.4 Å². The molecule has 2 rings (SSSR count). The molecule has 124 valence electrons. The maximum absolute atomic E-state index is 14.1. The van der Waals surface area contributed by atoms with Gasteiger partial charge < -0.3 is 4.74 Å². The molecule has 1 nitrogen and oxygen atoms in total. The van der Waals surface area contributed by atoms with Crippen LogP contribution in [0.3, 0.4) is 0 Å². The summed E-state index contributed by atoms with van der Waals surface area (Å²) in [5.74, 6) is -0.640. The summed E-state index contributed by atoms with van der Waals surface area (Å²) >= 11 is 0. The number of hydrogen-bond acceptors (Lipinski definition) is 1. The third-order valence-electron chi connectivity index (χ3n) is 3.81. The Bertz CT molecular complexity index is 616. The van der Waals surface area contributed by atoms with Gasteiger partial charge in [0.1, 0.15) is 0 Å². The van der Waals surface area contributed by atoms with Crippen molar-refractivity contribution in [2.75, 3.05) is 6.61 Å². The van der Waals surface area contributed by atoms with Gasteiger partial charge >= 0.3 is 18.9 Å². The van der Waals surface area contributed by atoms with E-state index in [9.17, 15) is 8.78 Å². The molecule has 0 aliphatic carbocycles. The van der Waals surface area contributed by atoms with E-state index in [4.69, 9.17) is 4.74 Å². The van der Waals surface area contributed by atoms with E-state index in [0.717, 1.165) is 12.8 Å². The van der Waals surface area contributed by atoms with E-state index >= 15 is 0 Å². The first kappa shape index (κ1) is 20.7. The van der Waals surface area contributed by atoms with E-state index in [-0.39, 0.29) is 24.6 Å². The summed E-state index contributed by atoms with van der Waals surface area (Å²) in [6.45, 7) is 2.70. The number of hydrogen-bond donors (Lipinski definition) is 0. The number of unbranched alkanes of at least 4 members (excludes halogenated alkanes) is 5. The van der Waals surface area contributed by atoms with Crippen molar-refractivity contribution in [2.24, 2.45) is 0 Å². The summed E-state index contributed by atoms with van der Waals surface area (Å²) in [5, 5.41) is 0. The van der Waals surface area contributed by atoms with Crippen LogP contribution in [0.25, 0.3) is 11.1 Å². The molecule has 0 radical (unpaired) electrons. The van der Waals surface area contributed by atoms with Crippen LogP contribution in [0.15, 0.2) is 36.4 Å². The summed E-state index contributed by atoms with van der Waals surface area (Å²) in [5.41, 5.74) is 0.867. The summed E-state index contributed by atoms with van der Waals surface area (Å²) in [6.07, 6.45) is 6.97. The molecule has 0 aliphatic heterocycles. The Balaban J connectivity index is 0.00000288. The average molecular weight is 324 g/mol. The quantitative estimate of drug-likeness (QED) is 0.391. The minimum atomic E-state index is -0.458. The molecular weight excluding hydrogens is 301 g/mol. The molecule has 0 aliphatic rings. The van der Waals surface area contributed by atoms with Crippen LogP contribution in [0, 0.1) is 17.7 Å². The van der Waals surface area contributed by atoms with Gasteiger partial charge in [0, 0.05) is 5.82 Å². The van der Waals surface area contributed by atoms with Crippen molar-refractivity contribution in [3.05, 3.63) is 54.1 Å². The van der Waals surface area contributed by atoms with Gasteiger partial charge in [-0.1, -0.05) is 50.7 Å². The smallest absolute Gasteiger partial charge is 0.491 e. The van der Waals surface area contributed by atoms with Gasteiger partial charge in [-0.3, -0.25) is 4.39 Å². The van der Waals surface area contributed by atoms with Crippen LogP contribution in [0.1, 0.15) is 45.4 Å². The summed E-state index contributed by atoms with van der Waals surface area (Å²) in [7, 11) is 0. The van der Waals surface area contributed by atoms with Crippen LogP contribution in [-0.4, -0.2) is 6.61 Å². The molecule has 0 saturated carbocycles. The molecule has 0 unspecified atom stereocenters. The molecule has 0 aromatic heterocycles. The Hall–Kier alpha value is -1.30. The normalized spacial score (nSPS) is 10.3. The van der Waals surface area contributed by atoms with Gasteiger partial charge in [-0.15, -0.1) is 6.07 Å². The molecule has 0 atom stereocenters. The van der Waals surface area contributed by atoms with Crippen molar-refractivity contribution in [1.82, 2.24) is 0 Å². The van der Waals surface area contributed by atoms with Gasteiger partial charge in [0.15, 0.2) is 11.6 Å². The van der Waals surface area contributed by atoms with Crippen LogP contribution in [0.4, 0.5) is 8.78 Å². The first-order chi connectivity index (χ1) is 11.2. The Morgan fingerprint density at radius 3 is 2.42 bits per heavy atom. The Kier molecular flexibility index (Phi) is 9.75. The fourth-order valence-electron chi connectivity index (χ4n) is 2.49. The van der Waals surface area contributed by atoms with Gasteiger partial charge in [0.05, 0.1) is 6.61 Å². The fourth-order valence-corrected chi connectivity index (χ4v) is 2.49. The molecule has 2 aromatic rings. The molecule has 0 spiro atoms. The Labute approximate surface area is 155 Å². The van der Waals surface area contributed by atoms with Crippen molar-refractivity contribution < 1.29 is 32.4 Å². The molecule has 0 amide bonds. The standard InChI is InChI=1S/C20H23F2O.Li/c1-2-3-4-5-6-9-14-23-20-13-12-16(15-19(20)22)17-10-7-8-11-18(17)21;/h7,10-13,15H,2-6,9,14H2,1H3;/q-1;+1. The fraction of sp³-hybridized carbons (Fsp3) is 0.400. The van der Waals surface area contributed by atoms with E-state index in [2.05, 4.69) is 13.0 Å². The number of halogens is 2. The van der Waals surface area contributed by atoms with Gasteiger partial charge in [0.25, 0.3) is 0 Å². The van der Waals surface area contributed by atoms with Crippen LogP contribution < -0.4 is 23.6 Å². The third-order valence-corrected chi connectivity index (χ3v) is 3.81. The van der Waals surface area contributed by atoms with Gasteiger partial charge in [-0.25, -0.2) is 4.39 Å². The van der Waals surface area contributed by atoms with E-state index in [1.165, 1.54) is 37.8 Å². The summed E-state index contributed by atoms with van der Waals surface area (Å²) in [6, 6.07) is 11.7. The van der Waals surface area contributed by atoms with Crippen molar-refractivity contribution in [1.29, 1.82) is 0 Å². The molecule has 24 heavy (non-hydrogen) atoms. The second-order valence-electron chi connectivity index (χ2n) is 5.67. The second kappa shape index (κ2) is 11.3. The summed E-state index contributed by atoms with van der Waals surface area (Å²) in [4.78, 5) is 0. The monoisotopic (exact) mass is 324 g/mol. The number of rotatable bonds is 9. The maximum Gasteiger partial charge on any atom is 1.00 e. The Morgan fingerprint density at radius 1 is 0.958 bits per heavy atom. The van der Waals surface area contributed by atoms with Crippen LogP contribution >= 0.6 is 0 Å². The SMILES string of the molecule is CCCCCCCCOc1ccc(-c2cc[c-]cc2F)cc1F.[Li+]. The van der Waals surface area contributed by atoms with Gasteiger partial charge in [0.2, 0.25) is 0 Å². The van der Waals surface area contributed by atoms with Crippen molar-refractivity contribution in [3.63, 3.8) is 0 Å². The predicted octanol–water partition coefficient (Wildman–Crippen LogP) is 3.18. The van der Waals surface area contributed by atoms with E-state index in [1.807, 2.05) is 0 Å². The minimum absolute atomic E-state index is 0. The molecule has 2 aromatic carbocycles. The third kappa shape index (κ3) is 6.30. The number of ether oxygens (including phenoxy) is 1. The molecule has 0 fully saturated rings. The summed E-state index contributed by atoms with van der Waals surface area (Å²) < 4.78 is 33.3. The largest absolute Gasteiger partial charge is 1.00 e. The minimum Gasteiger partial charge on any atom is -0.491 e. The average Bonchev–Trinajstić information content (AvgIpc) is 2.56. The number of benzene rings is 2. The van der Waals surface area contributed by atoms with Crippen LogP contribution in [-0.2, 0) is 0 Å². The molecule has 0 heterocycles. The van der Waals surface area contributed by atoms with Crippen LogP contribution in [0.5, 0.6) is 5.75 Å². The Morgan fingerprint density at radius 2 is 1.71 bits per heavy atom. The zero-order valence-electron chi connectivity index (χ0n) is 14.6. The zero-order valence-corrected chi connectivity index (χ0v) is 14.6. The van der Waals surface area contributed by atoms with E-state index < -0.39 is 11.6 Å². The topological polar surface area (TPSA) is 9.23 Å². The van der Waals surface area contributed by atoms with Crippen LogP contribution in [0.2, 0.25) is 0 Å². The molecule has 0 saturated heterocycles. The van der Waals surface area contributed by atoms with E-state index in [1.54, 1.807) is 24.3 Å². The first-order valence-electron chi connectivity index (χ1n) is 8.30. The second-order valence-corrected chi connectivity index (χ2v) is 5.67. The zero-order chi connectivity index (χ0) is 16.5. The molecular formula is C20H23F2LiO. The van der Waals surface area contributed by atoms with Crippen molar-refractivity contribution in [3.8, 4) is 16.9 Å². The maximum atomic E-state index is 14.1. The predicted molar refractivity (Wildman–Crippen MR) is 89.5 cm³/mol. The molecule has 4 heteroatoms. The van der Waals surface area contributed by atoms with E-state index in [0.29, 0.717) is 17.7 Å². The van der Waals surface area contributed by atoms with Gasteiger partial charge in [-0.2, -0.15) is 18.2 Å². The van der Waals surface area contributed by atoms with Crippen molar-refractivity contribution >= 4 is 0 Å². The molecule has 0 bridgehead atoms. The molecule has 0 N–H and O–H groups in total. The first-order valence-corrected chi connectivity index (χ1v) is 8.30.